The molecule has 0 radical (unpaired) electrons. The lowest BCUT2D eigenvalue weighted by atomic mass is 10.2. The maximum atomic E-state index is 12.3. The SMILES string of the molecule is CCCCCCOc1ccc(C(=O)Nc2ccc(C#N)ccc2=O)cc1. The predicted molar refractivity (Wildman–Crippen MR) is 101 cm³/mol. The molecule has 0 aliphatic heterocycles. The number of amides is 1. The van der Waals surface area contributed by atoms with E-state index < -0.39 is 0 Å². The zero-order valence-electron chi connectivity index (χ0n) is 14.8. The average molecular weight is 350 g/mol. The molecule has 26 heavy (non-hydrogen) atoms. The van der Waals surface area contributed by atoms with E-state index in [0.29, 0.717) is 23.5 Å². The highest BCUT2D eigenvalue weighted by Crippen LogP contribution is 2.14. The molecule has 0 aliphatic carbocycles. The number of unbranched alkanes of at least 4 members (excludes halogenated alkanes) is 3. The molecule has 0 bridgehead atoms. The number of nitrogens with zero attached hydrogens (tertiary/aromatic N) is 1. The highest BCUT2D eigenvalue weighted by atomic mass is 16.5. The second-order valence-electron chi connectivity index (χ2n) is 5.90. The smallest absolute Gasteiger partial charge is 0.255 e. The Kier molecular flexibility index (Phi) is 7.38. The summed E-state index contributed by atoms with van der Waals surface area (Å²) in [5, 5.41) is 11.5. The molecule has 0 saturated carbocycles. The minimum absolute atomic E-state index is 0.132. The van der Waals surface area contributed by atoms with Crippen LogP contribution in [0, 0.1) is 11.3 Å². The minimum Gasteiger partial charge on any atom is -0.494 e. The third-order valence-electron chi connectivity index (χ3n) is 3.87. The first-order chi connectivity index (χ1) is 12.6. The van der Waals surface area contributed by atoms with Crippen molar-refractivity contribution in [3.8, 4) is 11.8 Å². The van der Waals surface area contributed by atoms with Gasteiger partial charge in [-0.2, -0.15) is 5.26 Å². The van der Waals surface area contributed by atoms with E-state index in [4.69, 9.17) is 10.00 Å². The molecule has 1 N–H and O–H groups in total. The zero-order valence-corrected chi connectivity index (χ0v) is 14.8. The van der Waals surface area contributed by atoms with Crippen LogP contribution >= 0.6 is 0 Å². The number of hydrogen-bond donors (Lipinski definition) is 1. The van der Waals surface area contributed by atoms with Crippen molar-refractivity contribution in [2.45, 2.75) is 32.6 Å². The van der Waals surface area contributed by atoms with Crippen LogP contribution in [0.2, 0.25) is 0 Å². The van der Waals surface area contributed by atoms with Crippen LogP contribution in [-0.4, -0.2) is 12.5 Å². The first-order valence-corrected chi connectivity index (χ1v) is 8.72. The fourth-order valence-electron chi connectivity index (χ4n) is 2.36. The first-order valence-electron chi connectivity index (χ1n) is 8.72. The molecule has 2 rings (SSSR count). The Morgan fingerprint density at radius 3 is 2.46 bits per heavy atom. The molecule has 0 heterocycles. The molecule has 0 saturated heterocycles. The Labute approximate surface area is 153 Å². The molecule has 0 fully saturated rings. The number of carbonyl (C=O) groups is 1. The summed E-state index contributed by atoms with van der Waals surface area (Å²) in [4.78, 5) is 24.3. The minimum atomic E-state index is -0.388. The number of ether oxygens (including phenoxy) is 1. The summed E-state index contributed by atoms with van der Waals surface area (Å²) in [6.45, 7) is 2.82. The predicted octanol–water partition coefficient (Wildman–Crippen LogP) is 4.13. The van der Waals surface area contributed by atoms with E-state index in [1.807, 2.05) is 6.07 Å². The van der Waals surface area contributed by atoms with Crippen molar-refractivity contribution in [1.82, 2.24) is 0 Å². The van der Waals surface area contributed by atoms with Crippen LogP contribution in [0.1, 0.15) is 48.5 Å². The summed E-state index contributed by atoms with van der Waals surface area (Å²) in [7, 11) is 0. The van der Waals surface area contributed by atoms with Crippen molar-refractivity contribution < 1.29 is 9.53 Å². The lowest BCUT2D eigenvalue weighted by molar-refractivity contribution is 0.102. The van der Waals surface area contributed by atoms with E-state index in [1.54, 1.807) is 24.3 Å². The van der Waals surface area contributed by atoms with E-state index in [2.05, 4.69) is 12.2 Å². The van der Waals surface area contributed by atoms with E-state index in [1.165, 1.54) is 37.1 Å². The highest BCUT2D eigenvalue weighted by molar-refractivity contribution is 6.04. The summed E-state index contributed by atoms with van der Waals surface area (Å²) in [6.07, 6.45) is 4.55. The molecule has 2 aromatic rings. The lowest BCUT2D eigenvalue weighted by Gasteiger charge is -2.07. The summed E-state index contributed by atoms with van der Waals surface area (Å²) in [5.74, 6) is 0.327. The fourth-order valence-corrected chi connectivity index (χ4v) is 2.36. The van der Waals surface area contributed by atoms with Crippen LogP contribution in [0.3, 0.4) is 0 Å². The largest absolute Gasteiger partial charge is 0.494 e. The molecule has 0 unspecified atom stereocenters. The number of rotatable bonds is 8. The van der Waals surface area contributed by atoms with Gasteiger partial charge in [0, 0.05) is 5.56 Å². The number of hydrogen-bond acceptors (Lipinski definition) is 4. The van der Waals surface area contributed by atoms with Crippen LogP contribution in [0.15, 0.2) is 53.3 Å². The van der Waals surface area contributed by atoms with E-state index in [0.717, 1.165) is 12.8 Å². The molecule has 0 spiro atoms. The summed E-state index contributed by atoms with van der Waals surface area (Å²) < 4.78 is 5.65. The second kappa shape index (κ2) is 10.00. The van der Waals surface area contributed by atoms with Gasteiger partial charge >= 0.3 is 0 Å². The van der Waals surface area contributed by atoms with Crippen LogP contribution in [0.4, 0.5) is 5.69 Å². The van der Waals surface area contributed by atoms with E-state index >= 15 is 0 Å². The molecule has 0 aromatic heterocycles. The van der Waals surface area contributed by atoms with Crippen molar-refractivity contribution in [1.29, 1.82) is 5.26 Å². The second-order valence-corrected chi connectivity index (χ2v) is 5.90. The van der Waals surface area contributed by atoms with Gasteiger partial charge in [0.05, 0.1) is 23.9 Å². The normalized spacial score (nSPS) is 10.0. The van der Waals surface area contributed by atoms with Crippen LogP contribution in [-0.2, 0) is 0 Å². The molecule has 0 aliphatic rings. The summed E-state index contributed by atoms with van der Waals surface area (Å²) in [5.41, 5.74) is 0.553. The van der Waals surface area contributed by atoms with Crippen LogP contribution in [0.5, 0.6) is 5.75 Å². The molecule has 1 amide bonds. The van der Waals surface area contributed by atoms with Gasteiger partial charge in [-0.05, 0) is 55.0 Å². The van der Waals surface area contributed by atoms with Gasteiger partial charge in [0.2, 0.25) is 5.43 Å². The van der Waals surface area contributed by atoms with Crippen molar-refractivity contribution in [3.63, 3.8) is 0 Å². The van der Waals surface area contributed by atoms with Crippen molar-refractivity contribution in [2.24, 2.45) is 0 Å². The van der Waals surface area contributed by atoms with Gasteiger partial charge in [0.15, 0.2) is 0 Å². The van der Waals surface area contributed by atoms with E-state index in [-0.39, 0.29) is 17.0 Å². The van der Waals surface area contributed by atoms with Crippen molar-refractivity contribution >= 4 is 11.6 Å². The Hall–Kier alpha value is -3.13. The molecule has 134 valence electrons. The van der Waals surface area contributed by atoms with Gasteiger partial charge in [-0.3, -0.25) is 9.59 Å². The first kappa shape index (κ1) is 19.2. The summed E-state index contributed by atoms with van der Waals surface area (Å²) in [6, 6.07) is 14.4. The van der Waals surface area contributed by atoms with E-state index in [9.17, 15) is 9.59 Å². The number of carbonyl (C=O) groups excluding carboxylic acids is 1. The highest BCUT2D eigenvalue weighted by Gasteiger charge is 2.08. The monoisotopic (exact) mass is 350 g/mol. The molecule has 0 atom stereocenters. The Morgan fingerprint density at radius 1 is 1.04 bits per heavy atom. The fraction of sp³-hybridized carbons (Fsp3) is 0.286. The third-order valence-corrected chi connectivity index (χ3v) is 3.87. The molecular weight excluding hydrogens is 328 g/mol. The molecule has 2 aromatic carbocycles. The van der Waals surface area contributed by atoms with Gasteiger partial charge in [-0.15, -0.1) is 0 Å². The molecule has 5 heteroatoms. The van der Waals surface area contributed by atoms with Crippen molar-refractivity contribution in [3.05, 3.63) is 69.9 Å². The number of nitrogens with one attached hydrogen (secondary N) is 1. The van der Waals surface area contributed by atoms with Gasteiger partial charge in [0.1, 0.15) is 5.75 Å². The lowest BCUT2D eigenvalue weighted by Crippen LogP contribution is -2.16. The summed E-state index contributed by atoms with van der Waals surface area (Å²) >= 11 is 0. The van der Waals surface area contributed by atoms with Gasteiger partial charge in [0.25, 0.3) is 5.91 Å². The Morgan fingerprint density at radius 2 is 1.77 bits per heavy atom. The third kappa shape index (κ3) is 5.75. The van der Waals surface area contributed by atoms with Crippen LogP contribution < -0.4 is 15.5 Å². The number of anilines is 1. The number of nitriles is 1. The van der Waals surface area contributed by atoms with Gasteiger partial charge < -0.3 is 10.1 Å². The maximum Gasteiger partial charge on any atom is 0.255 e. The van der Waals surface area contributed by atoms with Gasteiger partial charge in [-0.1, -0.05) is 26.2 Å². The molecule has 5 nitrogen and oxygen atoms in total. The maximum absolute atomic E-state index is 12.3. The zero-order chi connectivity index (χ0) is 18.8. The standard InChI is InChI=1S/C21H22N2O3/c1-2-3-4-5-14-26-18-10-8-17(9-11-18)21(25)23-19-12-6-16(15-22)7-13-20(19)24/h6-13H,2-5,14H2,1H3,(H,23,24,25). The Balaban J connectivity index is 1.97. The Bertz CT molecular complexity index is 839. The topological polar surface area (TPSA) is 79.2 Å². The average Bonchev–Trinajstić information content (AvgIpc) is 2.84. The van der Waals surface area contributed by atoms with Crippen molar-refractivity contribution in [2.75, 3.05) is 11.9 Å². The van der Waals surface area contributed by atoms with Gasteiger partial charge in [-0.25, -0.2) is 0 Å². The molecular formula is C21H22N2O3. The van der Waals surface area contributed by atoms with Crippen LogP contribution in [0.25, 0.3) is 0 Å². The number of benzene rings is 1. The quantitative estimate of drug-likeness (QED) is 0.726.